The molecule has 1 aromatic rings. The van der Waals surface area contributed by atoms with Crippen LogP contribution in [-0.2, 0) is 27.3 Å². The van der Waals surface area contributed by atoms with Crippen molar-refractivity contribution >= 4 is 11.8 Å². The highest BCUT2D eigenvalue weighted by Gasteiger charge is 2.37. The zero-order valence-corrected chi connectivity index (χ0v) is 18.1. The van der Waals surface area contributed by atoms with E-state index in [1.54, 1.807) is 0 Å². The SMILES string of the molecule is O=C(C1CCCC1)N1CCc2nc(C3CCCCN3C(=O)C3CCCO3)[nH]c(=O)c2C1. The van der Waals surface area contributed by atoms with Crippen LogP contribution in [0.15, 0.2) is 4.79 Å². The third kappa shape index (κ3) is 4.02. The fraction of sp³-hybridized carbons (Fsp3) is 0.739. The Morgan fingerprint density at radius 1 is 0.968 bits per heavy atom. The van der Waals surface area contributed by atoms with E-state index in [9.17, 15) is 14.4 Å². The molecular weight excluding hydrogens is 396 g/mol. The van der Waals surface area contributed by atoms with Gasteiger partial charge in [-0.3, -0.25) is 14.4 Å². The van der Waals surface area contributed by atoms with Gasteiger partial charge in [0.1, 0.15) is 11.9 Å². The maximum Gasteiger partial charge on any atom is 0.256 e. The normalized spacial score (nSPS) is 26.8. The molecule has 2 atom stereocenters. The highest BCUT2D eigenvalue weighted by atomic mass is 16.5. The minimum atomic E-state index is -0.361. The van der Waals surface area contributed by atoms with E-state index in [0.717, 1.165) is 63.5 Å². The number of H-pyrrole nitrogens is 1. The molecule has 168 valence electrons. The molecule has 8 nitrogen and oxygen atoms in total. The molecule has 0 spiro atoms. The van der Waals surface area contributed by atoms with E-state index in [0.29, 0.717) is 44.0 Å². The second-order valence-corrected chi connectivity index (χ2v) is 9.41. The number of amides is 2. The Bertz CT molecular complexity index is 901. The molecule has 0 aromatic carbocycles. The molecule has 4 heterocycles. The highest BCUT2D eigenvalue weighted by Crippen LogP contribution is 2.32. The van der Waals surface area contributed by atoms with Gasteiger partial charge in [-0.2, -0.15) is 0 Å². The Morgan fingerprint density at radius 2 is 1.77 bits per heavy atom. The topological polar surface area (TPSA) is 95.6 Å². The number of ether oxygens (including phenoxy) is 1. The molecule has 1 N–H and O–H groups in total. The average Bonchev–Trinajstić information content (AvgIpc) is 3.52. The third-order valence-electron chi connectivity index (χ3n) is 7.41. The van der Waals surface area contributed by atoms with Crippen LogP contribution in [0.4, 0.5) is 0 Å². The van der Waals surface area contributed by atoms with Crippen LogP contribution in [0, 0.1) is 5.92 Å². The number of aromatic amines is 1. The molecule has 0 radical (unpaired) electrons. The summed E-state index contributed by atoms with van der Waals surface area (Å²) in [6.07, 6.45) is 8.85. The van der Waals surface area contributed by atoms with Gasteiger partial charge in [-0.05, 0) is 44.9 Å². The molecule has 4 aliphatic rings. The van der Waals surface area contributed by atoms with Gasteiger partial charge in [-0.15, -0.1) is 0 Å². The van der Waals surface area contributed by atoms with E-state index >= 15 is 0 Å². The fourth-order valence-electron chi connectivity index (χ4n) is 5.66. The van der Waals surface area contributed by atoms with Gasteiger partial charge in [0.05, 0.1) is 23.8 Å². The Balaban J connectivity index is 1.36. The van der Waals surface area contributed by atoms with Crippen LogP contribution in [0.1, 0.15) is 80.9 Å². The molecule has 2 unspecified atom stereocenters. The molecule has 0 bridgehead atoms. The number of nitrogens with one attached hydrogen (secondary N) is 1. The van der Waals surface area contributed by atoms with Gasteiger partial charge in [-0.1, -0.05) is 12.8 Å². The van der Waals surface area contributed by atoms with E-state index < -0.39 is 0 Å². The summed E-state index contributed by atoms with van der Waals surface area (Å²) in [7, 11) is 0. The lowest BCUT2D eigenvalue weighted by molar-refractivity contribution is -0.145. The maximum atomic E-state index is 13.0. The summed E-state index contributed by atoms with van der Waals surface area (Å²) in [6.45, 7) is 2.27. The monoisotopic (exact) mass is 428 g/mol. The maximum absolute atomic E-state index is 13.0. The second kappa shape index (κ2) is 8.73. The van der Waals surface area contributed by atoms with Crippen molar-refractivity contribution in [2.45, 2.75) is 82.9 Å². The molecule has 1 aliphatic carbocycles. The van der Waals surface area contributed by atoms with Crippen molar-refractivity contribution in [1.29, 1.82) is 0 Å². The van der Waals surface area contributed by atoms with Gasteiger partial charge >= 0.3 is 0 Å². The van der Waals surface area contributed by atoms with Crippen molar-refractivity contribution < 1.29 is 14.3 Å². The number of fused-ring (bicyclic) bond motifs is 1. The van der Waals surface area contributed by atoms with Crippen molar-refractivity contribution in [3.05, 3.63) is 27.4 Å². The lowest BCUT2D eigenvalue weighted by Gasteiger charge is -2.37. The molecule has 3 aliphatic heterocycles. The number of hydrogen-bond donors (Lipinski definition) is 1. The number of likely N-dealkylation sites (tertiary alicyclic amines) is 1. The summed E-state index contributed by atoms with van der Waals surface area (Å²) in [6, 6.07) is -0.207. The lowest BCUT2D eigenvalue weighted by atomic mass is 9.98. The Hall–Kier alpha value is -2.22. The predicted molar refractivity (Wildman–Crippen MR) is 113 cm³/mol. The summed E-state index contributed by atoms with van der Waals surface area (Å²) >= 11 is 0. The van der Waals surface area contributed by atoms with Gasteiger partial charge in [0.2, 0.25) is 5.91 Å². The first kappa shape index (κ1) is 20.7. The molecule has 1 saturated carbocycles. The minimum Gasteiger partial charge on any atom is -0.368 e. The summed E-state index contributed by atoms with van der Waals surface area (Å²) in [5, 5.41) is 0. The van der Waals surface area contributed by atoms with Crippen LogP contribution in [0.2, 0.25) is 0 Å². The van der Waals surface area contributed by atoms with Crippen LogP contribution in [-0.4, -0.2) is 57.4 Å². The van der Waals surface area contributed by atoms with Gasteiger partial charge < -0.3 is 19.5 Å². The molecule has 8 heteroatoms. The largest absolute Gasteiger partial charge is 0.368 e. The molecule has 5 rings (SSSR count). The van der Waals surface area contributed by atoms with Crippen molar-refractivity contribution in [3.63, 3.8) is 0 Å². The van der Waals surface area contributed by atoms with Crippen molar-refractivity contribution in [2.75, 3.05) is 19.7 Å². The Labute approximate surface area is 182 Å². The second-order valence-electron chi connectivity index (χ2n) is 9.41. The summed E-state index contributed by atoms with van der Waals surface area (Å²) in [5.74, 6) is 0.918. The van der Waals surface area contributed by atoms with Crippen molar-refractivity contribution in [2.24, 2.45) is 5.92 Å². The first-order chi connectivity index (χ1) is 15.1. The quantitative estimate of drug-likeness (QED) is 0.795. The third-order valence-corrected chi connectivity index (χ3v) is 7.41. The van der Waals surface area contributed by atoms with E-state index in [2.05, 4.69) is 4.98 Å². The van der Waals surface area contributed by atoms with Crippen molar-refractivity contribution in [3.8, 4) is 0 Å². The minimum absolute atomic E-state index is 0.0240. The number of hydrogen-bond acceptors (Lipinski definition) is 5. The molecule has 1 aromatic heterocycles. The van der Waals surface area contributed by atoms with Gasteiger partial charge in [0.25, 0.3) is 11.5 Å². The molecule has 3 fully saturated rings. The number of carbonyl (C=O) groups is 2. The Morgan fingerprint density at radius 3 is 2.55 bits per heavy atom. The summed E-state index contributed by atoms with van der Waals surface area (Å²) < 4.78 is 5.62. The van der Waals surface area contributed by atoms with Crippen LogP contribution in [0.25, 0.3) is 0 Å². The molecule has 2 saturated heterocycles. The van der Waals surface area contributed by atoms with Gasteiger partial charge in [0.15, 0.2) is 0 Å². The highest BCUT2D eigenvalue weighted by molar-refractivity contribution is 5.81. The van der Waals surface area contributed by atoms with Crippen LogP contribution >= 0.6 is 0 Å². The van der Waals surface area contributed by atoms with Gasteiger partial charge in [-0.25, -0.2) is 4.98 Å². The first-order valence-corrected chi connectivity index (χ1v) is 11.9. The standard InChI is InChI=1S/C23H32N4O4/c28-21-16-14-26(22(29)15-6-1-2-7-15)12-10-17(16)24-20(25-21)18-8-3-4-11-27(18)23(30)19-9-5-13-31-19/h15,18-19H,1-14H2,(H,24,25,28). The van der Waals surface area contributed by atoms with E-state index in [4.69, 9.17) is 9.72 Å². The van der Waals surface area contributed by atoms with E-state index in [1.165, 1.54) is 0 Å². The number of aromatic nitrogens is 2. The van der Waals surface area contributed by atoms with E-state index in [-0.39, 0.29) is 35.4 Å². The smallest absolute Gasteiger partial charge is 0.256 e. The molecular formula is C23H32N4O4. The lowest BCUT2D eigenvalue weighted by Crippen LogP contribution is -2.46. The average molecular weight is 429 g/mol. The van der Waals surface area contributed by atoms with Crippen LogP contribution < -0.4 is 5.56 Å². The number of nitrogens with zero attached hydrogens (tertiary/aromatic N) is 3. The van der Waals surface area contributed by atoms with Crippen LogP contribution in [0.5, 0.6) is 0 Å². The first-order valence-electron chi connectivity index (χ1n) is 11.9. The molecule has 31 heavy (non-hydrogen) atoms. The Kier molecular flexibility index (Phi) is 5.82. The zero-order chi connectivity index (χ0) is 21.4. The fourth-order valence-corrected chi connectivity index (χ4v) is 5.66. The number of rotatable bonds is 3. The number of piperidine rings is 1. The van der Waals surface area contributed by atoms with Crippen LogP contribution in [0.3, 0.4) is 0 Å². The van der Waals surface area contributed by atoms with E-state index in [1.807, 2.05) is 9.80 Å². The zero-order valence-electron chi connectivity index (χ0n) is 18.1. The number of carbonyl (C=O) groups excluding carboxylic acids is 2. The summed E-state index contributed by atoms with van der Waals surface area (Å²) in [5.41, 5.74) is 1.22. The predicted octanol–water partition coefficient (Wildman–Crippen LogP) is 2.08. The van der Waals surface area contributed by atoms with Gasteiger partial charge in [0, 0.05) is 32.0 Å². The molecule has 2 amide bonds. The van der Waals surface area contributed by atoms with Crippen molar-refractivity contribution in [1.82, 2.24) is 19.8 Å². The summed E-state index contributed by atoms with van der Waals surface area (Å²) in [4.78, 5) is 50.3.